The molecule has 0 radical (unpaired) electrons. The van der Waals surface area contributed by atoms with E-state index in [0.717, 1.165) is 0 Å². The summed E-state index contributed by atoms with van der Waals surface area (Å²) in [6.45, 7) is 6.80. The van der Waals surface area contributed by atoms with Gasteiger partial charge in [0.05, 0.1) is 16.9 Å². The summed E-state index contributed by atoms with van der Waals surface area (Å²) in [7, 11) is 1.68. The van der Waals surface area contributed by atoms with Crippen LogP contribution >= 0.6 is 11.3 Å². The molecule has 1 aliphatic heterocycles. The van der Waals surface area contributed by atoms with Crippen LogP contribution in [0, 0.1) is 13.8 Å². The van der Waals surface area contributed by atoms with Crippen LogP contribution in [0.4, 0.5) is 4.79 Å². The highest BCUT2D eigenvalue weighted by atomic mass is 32.1. The lowest BCUT2D eigenvalue weighted by atomic mass is 10.1. The summed E-state index contributed by atoms with van der Waals surface area (Å²) < 4.78 is 6.50. The van der Waals surface area contributed by atoms with E-state index >= 15 is 0 Å². The van der Waals surface area contributed by atoms with E-state index in [1.807, 2.05) is 0 Å². The van der Waals surface area contributed by atoms with E-state index in [0.29, 0.717) is 59.0 Å². The normalized spacial score (nSPS) is 15.2. The maximum Gasteiger partial charge on any atom is 0.409 e. The van der Waals surface area contributed by atoms with E-state index < -0.39 is 0 Å². The fourth-order valence-electron chi connectivity index (χ4n) is 3.25. The van der Waals surface area contributed by atoms with Gasteiger partial charge < -0.3 is 15.0 Å². The number of aromatic nitrogens is 2. The molecule has 0 unspecified atom stereocenters. The molecule has 0 aromatic carbocycles. The number of likely N-dealkylation sites (tertiary alicyclic amines) is 1. The van der Waals surface area contributed by atoms with Crippen molar-refractivity contribution < 1.29 is 14.3 Å². The summed E-state index contributed by atoms with van der Waals surface area (Å²) in [5, 5.41) is 3.54. The molecule has 0 saturated carbocycles. The second-order valence-corrected chi connectivity index (χ2v) is 7.69. The quantitative estimate of drug-likeness (QED) is 0.862. The first-order valence-corrected chi connectivity index (χ1v) is 9.84. The average Bonchev–Trinajstić information content (AvgIpc) is 2.97. The van der Waals surface area contributed by atoms with Crippen LogP contribution in [0.2, 0.25) is 0 Å². The van der Waals surface area contributed by atoms with Crippen LogP contribution < -0.4 is 10.9 Å². The zero-order valence-electron chi connectivity index (χ0n) is 16.0. The highest BCUT2D eigenvalue weighted by molar-refractivity contribution is 7.20. The summed E-state index contributed by atoms with van der Waals surface area (Å²) in [5.41, 5.74) is 0.539. The van der Waals surface area contributed by atoms with Gasteiger partial charge in [-0.2, -0.15) is 0 Å². The predicted octanol–water partition coefficient (Wildman–Crippen LogP) is 1.96. The third kappa shape index (κ3) is 3.69. The van der Waals surface area contributed by atoms with Crippen LogP contribution in [0.1, 0.15) is 40.8 Å². The second-order valence-electron chi connectivity index (χ2n) is 6.69. The third-order valence-electron chi connectivity index (χ3n) is 4.96. The monoisotopic (exact) mass is 392 g/mol. The van der Waals surface area contributed by atoms with Crippen molar-refractivity contribution >= 4 is 33.6 Å². The van der Waals surface area contributed by atoms with Gasteiger partial charge in [-0.15, -0.1) is 11.3 Å². The lowest BCUT2D eigenvalue weighted by Gasteiger charge is -2.31. The van der Waals surface area contributed by atoms with Crippen LogP contribution in [0.3, 0.4) is 0 Å². The van der Waals surface area contributed by atoms with Crippen molar-refractivity contribution in [2.75, 3.05) is 19.7 Å². The van der Waals surface area contributed by atoms with Crippen LogP contribution in [0.25, 0.3) is 10.2 Å². The Morgan fingerprint density at radius 2 is 1.96 bits per heavy atom. The van der Waals surface area contributed by atoms with Crippen molar-refractivity contribution in [3.8, 4) is 0 Å². The van der Waals surface area contributed by atoms with Gasteiger partial charge in [0.25, 0.3) is 11.5 Å². The Morgan fingerprint density at radius 3 is 2.59 bits per heavy atom. The van der Waals surface area contributed by atoms with Crippen LogP contribution in [-0.2, 0) is 11.8 Å². The molecule has 1 N–H and O–H groups in total. The molecule has 9 heteroatoms. The summed E-state index contributed by atoms with van der Waals surface area (Å²) in [6.07, 6.45) is 1.04. The van der Waals surface area contributed by atoms with Crippen molar-refractivity contribution in [3.05, 3.63) is 26.6 Å². The maximum atomic E-state index is 12.8. The number of hydrogen-bond acceptors (Lipinski definition) is 6. The van der Waals surface area contributed by atoms with Gasteiger partial charge in [0.15, 0.2) is 0 Å². The molecule has 1 aliphatic rings. The molecule has 8 nitrogen and oxygen atoms in total. The Bertz CT molecular complexity index is 941. The summed E-state index contributed by atoms with van der Waals surface area (Å²) in [4.78, 5) is 44.2. The van der Waals surface area contributed by atoms with Crippen molar-refractivity contribution in [1.29, 1.82) is 0 Å². The zero-order valence-corrected chi connectivity index (χ0v) is 16.8. The highest BCUT2D eigenvalue weighted by Crippen LogP contribution is 2.27. The minimum Gasteiger partial charge on any atom is -0.450 e. The number of hydrogen-bond donors (Lipinski definition) is 1. The van der Waals surface area contributed by atoms with Gasteiger partial charge in [-0.1, -0.05) is 0 Å². The first-order chi connectivity index (χ1) is 12.8. The molecule has 2 aromatic heterocycles. The number of aryl methyl sites for hydroxylation is 2. The zero-order chi connectivity index (χ0) is 19.7. The van der Waals surface area contributed by atoms with E-state index in [9.17, 15) is 14.4 Å². The highest BCUT2D eigenvalue weighted by Gasteiger charge is 2.26. The topological polar surface area (TPSA) is 93.5 Å². The second kappa shape index (κ2) is 7.67. The molecule has 1 saturated heterocycles. The Hall–Kier alpha value is -2.42. The number of carbonyl (C=O) groups is 2. The molecular weight excluding hydrogens is 368 g/mol. The summed E-state index contributed by atoms with van der Waals surface area (Å²) in [6, 6.07) is -0.00897. The van der Waals surface area contributed by atoms with Gasteiger partial charge in [-0.05, 0) is 39.2 Å². The Labute approximate surface area is 161 Å². The molecule has 146 valence electrons. The fraction of sp³-hybridized carbons (Fsp3) is 0.556. The summed E-state index contributed by atoms with van der Waals surface area (Å²) in [5.74, 6) is 0.428. The largest absolute Gasteiger partial charge is 0.450 e. The van der Waals surface area contributed by atoms with Crippen molar-refractivity contribution in [1.82, 2.24) is 19.8 Å². The maximum absolute atomic E-state index is 12.8. The van der Waals surface area contributed by atoms with E-state index in [1.54, 1.807) is 32.7 Å². The Kier molecular flexibility index (Phi) is 5.50. The lowest BCUT2D eigenvalue weighted by molar-refractivity contribution is 0.0862. The molecule has 0 atom stereocenters. The Balaban J connectivity index is 1.73. The van der Waals surface area contributed by atoms with Gasteiger partial charge in [-0.25, -0.2) is 9.78 Å². The van der Waals surface area contributed by atoms with E-state index in [-0.39, 0.29) is 23.6 Å². The van der Waals surface area contributed by atoms with Gasteiger partial charge in [-0.3, -0.25) is 14.2 Å². The van der Waals surface area contributed by atoms with Gasteiger partial charge in [0.1, 0.15) is 10.7 Å². The van der Waals surface area contributed by atoms with E-state index in [1.165, 1.54) is 15.9 Å². The van der Waals surface area contributed by atoms with Gasteiger partial charge in [0.2, 0.25) is 0 Å². The number of nitrogens with zero attached hydrogens (tertiary/aromatic N) is 3. The molecule has 0 bridgehead atoms. The molecule has 0 aliphatic carbocycles. The number of nitrogens with one attached hydrogen (secondary N) is 1. The van der Waals surface area contributed by atoms with Crippen molar-refractivity contribution in [2.45, 2.75) is 39.7 Å². The number of fused-ring (bicyclic) bond motifs is 1. The first-order valence-electron chi connectivity index (χ1n) is 9.02. The standard InChI is InChI=1S/C18H24N4O4S/c1-5-26-18(25)22-8-6-12(7-9-22)20-15(23)14-10(2)13-16(27-14)19-11(3)21(4)17(13)24/h12H,5-9H2,1-4H3,(H,20,23). The SMILES string of the molecule is CCOC(=O)N1CCC(NC(=O)c2sc3nc(C)n(C)c(=O)c3c2C)CC1. The number of carbonyl (C=O) groups excluding carboxylic acids is 2. The number of thiophene rings is 1. The van der Waals surface area contributed by atoms with E-state index in [2.05, 4.69) is 10.3 Å². The van der Waals surface area contributed by atoms with Gasteiger partial charge >= 0.3 is 6.09 Å². The minimum absolute atomic E-state index is 0.00897. The number of piperidine rings is 1. The van der Waals surface area contributed by atoms with Crippen LogP contribution in [0.15, 0.2) is 4.79 Å². The van der Waals surface area contributed by atoms with Gasteiger partial charge in [0, 0.05) is 26.2 Å². The minimum atomic E-state index is -0.306. The molecule has 27 heavy (non-hydrogen) atoms. The van der Waals surface area contributed by atoms with Crippen molar-refractivity contribution in [3.63, 3.8) is 0 Å². The number of amides is 2. The lowest BCUT2D eigenvalue weighted by Crippen LogP contribution is -2.46. The van der Waals surface area contributed by atoms with Crippen LogP contribution in [-0.4, -0.2) is 52.2 Å². The van der Waals surface area contributed by atoms with Crippen molar-refractivity contribution in [2.24, 2.45) is 7.05 Å². The molecule has 3 rings (SSSR count). The smallest absolute Gasteiger partial charge is 0.409 e. The van der Waals surface area contributed by atoms with E-state index in [4.69, 9.17) is 4.74 Å². The average molecular weight is 392 g/mol. The number of rotatable bonds is 3. The summed E-state index contributed by atoms with van der Waals surface area (Å²) >= 11 is 1.25. The molecule has 0 spiro atoms. The first kappa shape index (κ1) is 19.3. The molecular formula is C18H24N4O4S. The molecule has 2 amide bonds. The molecule has 1 fully saturated rings. The Morgan fingerprint density at radius 1 is 1.30 bits per heavy atom. The predicted molar refractivity (Wildman–Crippen MR) is 103 cm³/mol. The third-order valence-corrected chi connectivity index (χ3v) is 6.14. The fourth-order valence-corrected chi connectivity index (χ4v) is 4.37. The molecule has 2 aromatic rings. The number of ether oxygens (including phenoxy) is 1. The molecule has 3 heterocycles. The van der Waals surface area contributed by atoms with Crippen LogP contribution in [0.5, 0.6) is 0 Å².